The second-order valence-corrected chi connectivity index (χ2v) is 6.56. The summed E-state index contributed by atoms with van der Waals surface area (Å²) in [6.07, 6.45) is 3.27. The number of nitrogens with zero attached hydrogens (tertiary/aromatic N) is 1. The number of hydrogen-bond acceptors (Lipinski definition) is 4. The topological polar surface area (TPSA) is 55.8 Å². The van der Waals surface area contributed by atoms with E-state index >= 15 is 0 Å². The Bertz CT molecular complexity index is 799. The van der Waals surface area contributed by atoms with Gasteiger partial charge in [-0.05, 0) is 50.1 Å². The van der Waals surface area contributed by atoms with Crippen LogP contribution in [-0.4, -0.2) is 36.0 Å². The van der Waals surface area contributed by atoms with Gasteiger partial charge in [0.05, 0.1) is 12.7 Å². The van der Waals surface area contributed by atoms with Crippen LogP contribution in [0.1, 0.15) is 31.9 Å². The van der Waals surface area contributed by atoms with Crippen LogP contribution < -0.4 is 4.74 Å². The monoisotopic (exact) mass is 381 g/mol. The van der Waals surface area contributed by atoms with Crippen LogP contribution in [-0.2, 0) is 20.9 Å². The third-order valence-corrected chi connectivity index (χ3v) is 3.80. The Labute approximate surface area is 166 Å². The summed E-state index contributed by atoms with van der Waals surface area (Å²) < 4.78 is 10.7. The molecular formula is C23H27NO4. The third kappa shape index (κ3) is 7.27. The Morgan fingerprint density at radius 3 is 2.50 bits per heavy atom. The van der Waals surface area contributed by atoms with Crippen LogP contribution in [0.2, 0.25) is 0 Å². The lowest BCUT2D eigenvalue weighted by Crippen LogP contribution is -2.35. The Kier molecular flexibility index (Phi) is 8.28. The molecule has 0 saturated heterocycles. The molecule has 2 rings (SSSR count). The predicted octanol–water partition coefficient (Wildman–Crippen LogP) is 4.08. The number of carbonyl (C=O) groups excluding carboxylic acids is 2. The van der Waals surface area contributed by atoms with Gasteiger partial charge in [0.2, 0.25) is 5.91 Å². The third-order valence-electron chi connectivity index (χ3n) is 3.80. The maximum Gasteiger partial charge on any atom is 0.325 e. The van der Waals surface area contributed by atoms with Crippen LogP contribution in [0.4, 0.5) is 0 Å². The number of esters is 1. The van der Waals surface area contributed by atoms with Crippen LogP contribution in [0.5, 0.6) is 5.75 Å². The molecule has 0 radical (unpaired) electrons. The zero-order valence-electron chi connectivity index (χ0n) is 16.6. The highest BCUT2D eigenvalue weighted by atomic mass is 16.5. The van der Waals surface area contributed by atoms with E-state index in [1.165, 1.54) is 11.0 Å². The summed E-state index contributed by atoms with van der Waals surface area (Å²) in [6.45, 7) is 6.19. The number of ether oxygens (including phenoxy) is 2. The van der Waals surface area contributed by atoms with Gasteiger partial charge >= 0.3 is 5.97 Å². The van der Waals surface area contributed by atoms with Crippen molar-refractivity contribution >= 4 is 18.0 Å². The van der Waals surface area contributed by atoms with Crippen LogP contribution >= 0.6 is 0 Å². The van der Waals surface area contributed by atoms with Crippen molar-refractivity contribution < 1.29 is 19.1 Å². The molecule has 5 nitrogen and oxygen atoms in total. The molecule has 0 saturated carbocycles. The van der Waals surface area contributed by atoms with Gasteiger partial charge in [0.1, 0.15) is 12.3 Å². The summed E-state index contributed by atoms with van der Waals surface area (Å²) in [5.74, 6) is 0.0665. The molecule has 0 aliphatic heterocycles. The molecule has 0 fully saturated rings. The zero-order chi connectivity index (χ0) is 20.4. The molecule has 148 valence electrons. The first-order chi connectivity index (χ1) is 13.5. The molecular weight excluding hydrogens is 354 g/mol. The lowest BCUT2D eigenvalue weighted by Gasteiger charge is -2.20. The molecule has 0 spiro atoms. The quantitative estimate of drug-likeness (QED) is 0.485. The Balaban J connectivity index is 2.12. The molecule has 0 unspecified atom stereocenters. The summed E-state index contributed by atoms with van der Waals surface area (Å²) >= 11 is 0. The number of carbonyl (C=O) groups is 2. The van der Waals surface area contributed by atoms with Gasteiger partial charge in [0.25, 0.3) is 0 Å². The van der Waals surface area contributed by atoms with Gasteiger partial charge < -0.3 is 14.4 Å². The second kappa shape index (κ2) is 10.9. The fourth-order valence-electron chi connectivity index (χ4n) is 2.61. The SMILES string of the molecule is CCOC(=O)CN(Cc1ccccc1)C(=O)/C=C/c1cccc(OC(C)C)c1. The second-order valence-electron chi connectivity index (χ2n) is 6.56. The van der Waals surface area contributed by atoms with Gasteiger partial charge in [-0.3, -0.25) is 9.59 Å². The predicted molar refractivity (Wildman–Crippen MR) is 110 cm³/mol. The molecule has 0 aromatic heterocycles. The van der Waals surface area contributed by atoms with Crippen molar-refractivity contribution in [1.29, 1.82) is 0 Å². The molecule has 2 aromatic carbocycles. The van der Waals surface area contributed by atoms with E-state index in [9.17, 15) is 9.59 Å². The average Bonchev–Trinajstić information content (AvgIpc) is 2.66. The van der Waals surface area contributed by atoms with Crippen molar-refractivity contribution in [2.24, 2.45) is 0 Å². The normalized spacial score (nSPS) is 10.9. The Morgan fingerprint density at radius 2 is 1.82 bits per heavy atom. The van der Waals surface area contributed by atoms with Crippen molar-refractivity contribution in [2.45, 2.75) is 33.4 Å². The lowest BCUT2D eigenvalue weighted by atomic mass is 10.2. The minimum atomic E-state index is -0.424. The van der Waals surface area contributed by atoms with Gasteiger partial charge in [-0.25, -0.2) is 0 Å². The number of amides is 1. The first-order valence-electron chi connectivity index (χ1n) is 9.41. The molecule has 5 heteroatoms. The minimum Gasteiger partial charge on any atom is -0.491 e. The summed E-state index contributed by atoms with van der Waals surface area (Å²) in [6, 6.07) is 17.1. The number of hydrogen-bond donors (Lipinski definition) is 0. The lowest BCUT2D eigenvalue weighted by molar-refractivity contribution is -0.148. The smallest absolute Gasteiger partial charge is 0.325 e. The van der Waals surface area contributed by atoms with Crippen LogP contribution in [0.3, 0.4) is 0 Å². The van der Waals surface area contributed by atoms with E-state index in [0.29, 0.717) is 6.54 Å². The highest BCUT2D eigenvalue weighted by Crippen LogP contribution is 2.16. The Hall–Kier alpha value is -3.08. The van der Waals surface area contributed by atoms with E-state index in [0.717, 1.165) is 16.9 Å². The number of benzene rings is 2. The number of rotatable bonds is 9. The maximum absolute atomic E-state index is 12.7. The minimum absolute atomic E-state index is 0.0757. The molecule has 0 aliphatic carbocycles. The maximum atomic E-state index is 12.7. The molecule has 1 amide bonds. The molecule has 0 N–H and O–H groups in total. The van der Waals surface area contributed by atoms with E-state index < -0.39 is 5.97 Å². The van der Waals surface area contributed by atoms with Gasteiger partial charge in [0, 0.05) is 12.6 Å². The molecule has 2 aromatic rings. The van der Waals surface area contributed by atoms with Crippen molar-refractivity contribution in [3.8, 4) is 5.75 Å². The zero-order valence-corrected chi connectivity index (χ0v) is 16.6. The summed E-state index contributed by atoms with van der Waals surface area (Å²) in [7, 11) is 0. The summed E-state index contributed by atoms with van der Waals surface area (Å²) in [5.41, 5.74) is 1.79. The van der Waals surface area contributed by atoms with Crippen LogP contribution in [0.15, 0.2) is 60.7 Å². The van der Waals surface area contributed by atoms with E-state index in [4.69, 9.17) is 9.47 Å². The standard InChI is InChI=1S/C23H27NO4/c1-4-27-23(26)17-24(16-20-9-6-5-7-10-20)22(25)14-13-19-11-8-12-21(15-19)28-18(2)3/h5-15,18H,4,16-17H2,1-3H3/b14-13+. The first kappa shape index (κ1) is 21.2. The van der Waals surface area contributed by atoms with Gasteiger partial charge in [-0.15, -0.1) is 0 Å². The van der Waals surface area contributed by atoms with E-state index in [1.54, 1.807) is 13.0 Å². The van der Waals surface area contributed by atoms with Crippen molar-refractivity contribution in [2.75, 3.05) is 13.2 Å². The molecule has 0 aliphatic rings. The van der Waals surface area contributed by atoms with E-state index in [1.807, 2.05) is 68.4 Å². The average molecular weight is 381 g/mol. The molecule has 0 bridgehead atoms. The van der Waals surface area contributed by atoms with Crippen LogP contribution in [0.25, 0.3) is 6.08 Å². The van der Waals surface area contributed by atoms with Crippen molar-refractivity contribution in [1.82, 2.24) is 4.90 Å². The molecule has 28 heavy (non-hydrogen) atoms. The fourth-order valence-corrected chi connectivity index (χ4v) is 2.61. The van der Waals surface area contributed by atoms with E-state index in [2.05, 4.69) is 0 Å². The summed E-state index contributed by atoms with van der Waals surface area (Å²) in [4.78, 5) is 26.1. The Morgan fingerprint density at radius 1 is 1.07 bits per heavy atom. The molecule has 0 heterocycles. The first-order valence-corrected chi connectivity index (χ1v) is 9.41. The highest BCUT2D eigenvalue weighted by Gasteiger charge is 2.16. The highest BCUT2D eigenvalue weighted by molar-refractivity contribution is 5.93. The van der Waals surface area contributed by atoms with Crippen molar-refractivity contribution in [3.05, 3.63) is 71.8 Å². The largest absolute Gasteiger partial charge is 0.491 e. The van der Waals surface area contributed by atoms with Gasteiger partial charge in [-0.2, -0.15) is 0 Å². The summed E-state index contributed by atoms with van der Waals surface area (Å²) in [5, 5.41) is 0. The van der Waals surface area contributed by atoms with Crippen molar-refractivity contribution in [3.63, 3.8) is 0 Å². The van der Waals surface area contributed by atoms with Crippen LogP contribution in [0, 0.1) is 0 Å². The van der Waals surface area contributed by atoms with Gasteiger partial charge in [0.15, 0.2) is 0 Å². The fraction of sp³-hybridized carbons (Fsp3) is 0.304. The molecule has 0 atom stereocenters. The van der Waals surface area contributed by atoms with Gasteiger partial charge in [-0.1, -0.05) is 42.5 Å². The van der Waals surface area contributed by atoms with E-state index in [-0.39, 0.29) is 25.2 Å².